The number of nitrogens with zero attached hydrogens (tertiary/aromatic N) is 12. The summed E-state index contributed by atoms with van der Waals surface area (Å²) in [6, 6.07) is 163. The van der Waals surface area contributed by atoms with Crippen molar-refractivity contribution in [2.24, 2.45) is 0 Å². The van der Waals surface area contributed by atoms with Crippen molar-refractivity contribution in [3.63, 3.8) is 0 Å². The highest BCUT2D eigenvalue weighted by Gasteiger charge is 2.26. The van der Waals surface area contributed by atoms with E-state index in [1.165, 1.54) is 126 Å². The molecule has 0 saturated carbocycles. The van der Waals surface area contributed by atoms with Gasteiger partial charge in [0.15, 0.2) is 0 Å². The molecule has 0 amide bonds. The number of hydrogen-bond acceptors (Lipinski definition) is 6. The van der Waals surface area contributed by atoms with Crippen LogP contribution in [0.15, 0.2) is 498 Å². The molecular weight excluding hydrogens is 1680 g/mol. The lowest BCUT2D eigenvalue weighted by Crippen LogP contribution is -2.01. The maximum absolute atomic E-state index is 4.99. The Balaban J connectivity index is 0.000000107. The van der Waals surface area contributed by atoms with Crippen molar-refractivity contribution in [2.75, 3.05) is 0 Å². The van der Waals surface area contributed by atoms with E-state index in [4.69, 9.17) is 29.9 Å². The molecule has 0 N–H and O–H groups in total. The summed E-state index contributed by atoms with van der Waals surface area (Å²) in [6.45, 7) is 0. The maximum atomic E-state index is 4.99. The predicted molar refractivity (Wildman–Crippen MR) is 570 cm³/mol. The van der Waals surface area contributed by atoms with Gasteiger partial charge in [-0.05, 0) is 176 Å². The van der Waals surface area contributed by atoms with Crippen molar-refractivity contribution < 1.29 is 0 Å². The monoisotopic (exact) mass is 1760 g/mol. The van der Waals surface area contributed by atoms with Crippen LogP contribution in [0.3, 0.4) is 0 Å². The summed E-state index contributed by atoms with van der Waals surface area (Å²) in [6.07, 6.45) is 11.6. The van der Waals surface area contributed by atoms with Gasteiger partial charge in [-0.3, -0.25) is 13.7 Å². The van der Waals surface area contributed by atoms with Crippen LogP contribution >= 0.6 is 0 Å². The first-order valence-electron chi connectivity index (χ1n) is 46.6. The Morgan fingerprint density at radius 1 is 0.109 bits per heavy atom. The van der Waals surface area contributed by atoms with E-state index in [1.807, 2.05) is 79.6 Å². The molecular formula is C126H82N12. The number of hydrogen-bond donors (Lipinski definition) is 0. The molecule has 0 spiro atoms. The Labute approximate surface area is 793 Å². The molecule has 9 aromatic heterocycles. The summed E-state index contributed by atoms with van der Waals surface area (Å²) in [5.74, 6) is 1.96. The van der Waals surface area contributed by atoms with Crippen LogP contribution in [0.1, 0.15) is 0 Å². The van der Waals surface area contributed by atoms with Gasteiger partial charge in [-0.25, -0.2) is 29.9 Å². The zero-order valence-corrected chi connectivity index (χ0v) is 74.7. The van der Waals surface area contributed by atoms with E-state index < -0.39 is 0 Å². The molecule has 0 aliphatic heterocycles. The first kappa shape index (κ1) is 80.1. The number of fused-ring (bicyclic) bond motifs is 18. The Kier molecular flexibility index (Phi) is 19.6. The third-order valence-electron chi connectivity index (χ3n) is 27.1. The van der Waals surface area contributed by atoms with Gasteiger partial charge in [-0.2, -0.15) is 0 Å². The zero-order valence-electron chi connectivity index (χ0n) is 74.7. The molecule has 0 fully saturated rings. The van der Waals surface area contributed by atoms with E-state index in [-0.39, 0.29) is 0 Å². The second-order valence-electron chi connectivity index (χ2n) is 35.0. The molecule has 138 heavy (non-hydrogen) atoms. The van der Waals surface area contributed by atoms with Crippen LogP contribution in [0.4, 0.5) is 0 Å². The third kappa shape index (κ3) is 13.9. The topological polar surface area (TPSA) is 107 Å². The van der Waals surface area contributed by atoms with Crippen molar-refractivity contribution in [3.05, 3.63) is 498 Å². The van der Waals surface area contributed by atoms with Crippen LogP contribution in [-0.2, 0) is 0 Å². The van der Waals surface area contributed by atoms with E-state index in [1.54, 1.807) is 0 Å². The highest BCUT2D eigenvalue weighted by molar-refractivity contribution is 6.22. The molecule has 28 aromatic rings. The molecule has 19 aromatic carbocycles. The van der Waals surface area contributed by atoms with Crippen LogP contribution in [0.25, 0.3) is 244 Å². The fraction of sp³-hybridized carbons (Fsp3) is 0. The molecule has 9 heterocycles. The minimum absolute atomic E-state index is 0.647. The summed E-state index contributed by atoms with van der Waals surface area (Å²) in [5.41, 5.74) is 32.7. The van der Waals surface area contributed by atoms with E-state index in [2.05, 4.69) is 446 Å². The predicted octanol–water partition coefficient (Wildman–Crippen LogP) is 31.7. The van der Waals surface area contributed by atoms with E-state index in [0.29, 0.717) is 17.8 Å². The van der Waals surface area contributed by atoms with Gasteiger partial charge in [0, 0.05) is 136 Å². The summed E-state index contributed by atoms with van der Waals surface area (Å²) in [7, 11) is 0. The molecule has 12 nitrogen and oxygen atoms in total. The highest BCUT2D eigenvalue weighted by Crippen LogP contribution is 2.46. The van der Waals surface area contributed by atoms with Gasteiger partial charge in [-0.1, -0.05) is 346 Å². The minimum atomic E-state index is 0.647. The summed E-state index contributed by atoms with van der Waals surface area (Å²) in [5, 5.41) is 14.5. The molecule has 0 aliphatic carbocycles. The number of benzene rings is 19. The summed E-state index contributed by atoms with van der Waals surface area (Å²) >= 11 is 0. The Morgan fingerprint density at radius 2 is 0.304 bits per heavy atom. The fourth-order valence-corrected chi connectivity index (χ4v) is 20.6. The molecule has 0 unspecified atom stereocenters. The molecule has 0 atom stereocenters. The number of aromatic nitrogens is 12. The van der Waals surface area contributed by atoms with E-state index >= 15 is 0 Å². The normalized spacial score (nSPS) is 11.6. The van der Waals surface area contributed by atoms with Crippen LogP contribution in [0.2, 0.25) is 0 Å². The van der Waals surface area contributed by atoms with Gasteiger partial charge in [-0.15, -0.1) is 0 Å². The Morgan fingerprint density at radius 3 is 0.594 bits per heavy atom. The molecule has 0 bridgehead atoms. The van der Waals surface area contributed by atoms with Crippen molar-refractivity contribution in [1.82, 2.24) is 57.3 Å². The lowest BCUT2D eigenvalue weighted by molar-refractivity contribution is 0.990. The Bertz CT molecular complexity index is 9330. The highest BCUT2D eigenvalue weighted by atomic mass is 15.2. The second kappa shape index (κ2) is 33.8. The lowest BCUT2D eigenvalue weighted by Gasteiger charge is -2.11. The maximum Gasteiger partial charge on any atom is 0.234 e. The second-order valence-corrected chi connectivity index (χ2v) is 35.0. The van der Waals surface area contributed by atoms with Crippen molar-refractivity contribution in [1.29, 1.82) is 0 Å². The fourth-order valence-electron chi connectivity index (χ4n) is 20.6. The van der Waals surface area contributed by atoms with Crippen molar-refractivity contribution >= 4 is 131 Å². The van der Waals surface area contributed by atoms with Crippen LogP contribution in [-0.4, -0.2) is 57.3 Å². The molecule has 28 rings (SSSR count). The van der Waals surface area contributed by atoms with Crippen LogP contribution < -0.4 is 0 Å². The first-order chi connectivity index (χ1) is 68.5. The number of para-hydroxylation sites is 6. The smallest absolute Gasteiger partial charge is 0.234 e. The Hall–Kier alpha value is -18.8. The SMILES string of the molecule is c1ccc(-c2ccc(-n3c4ccccc4c4cc5c6ccccc6n(-c6ncc(-c7cccc(-c8ccccc8)c7)cn6)c5cc43)cc2)cc1.c1ccc(-c2ccc(-n3c4ccccc4c4cc5c6ccccc6n(-c6ncc(-c7ccccc7)cn6)c5cc43)cc2)cc1.c1ccc(-c2cnc(-n3c4ccccc4c4cc5c6ccccc6n(-c6cccc(-c7ccccc7)c6)c5cc43)nc2)cc1. The lowest BCUT2D eigenvalue weighted by atomic mass is 10.0. The van der Waals surface area contributed by atoms with Gasteiger partial charge >= 0.3 is 0 Å². The quantitative estimate of drug-likeness (QED) is 0.114. The van der Waals surface area contributed by atoms with Crippen molar-refractivity contribution in [3.8, 4) is 113 Å². The first-order valence-corrected chi connectivity index (χ1v) is 46.6. The van der Waals surface area contributed by atoms with E-state index in [9.17, 15) is 0 Å². The van der Waals surface area contributed by atoms with Crippen LogP contribution in [0, 0.1) is 0 Å². The van der Waals surface area contributed by atoms with Gasteiger partial charge in [0.2, 0.25) is 17.8 Å². The average molecular weight is 1760 g/mol. The van der Waals surface area contributed by atoms with Gasteiger partial charge in [0.1, 0.15) is 0 Å². The molecule has 0 radical (unpaired) electrons. The van der Waals surface area contributed by atoms with Crippen LogP contribution in [0.5, 0.6) is 0 Å². The standard InChI is InChI=1S/C46H30N4.2C40H26N4/c1-3-12-31(13-4-1)33-22-24-37(25-23-33)49-42-20-9-7-18-38(42)40-27-41-39-19-8-10-21-43(39)50(45(41)28-44(40)49)46-47-29-36(30-48-46)35-17-11-16-34(26-35)32-14-5-2-6-15-32;1-3-12-27(13-4-1)29-16-11-17-31(22-29)43-36-20-9-7-18-32(36)34-23-35-33-19-8-10-21-37(33)44(39(35)24-38(34)43)40-41-25-30(26-42-40)28-14-5-2-6-15-28;1-3-11-27(12-4-1)29-19-21-31(22-20-29)43-36-17-9-7-15-32(36)34-23-35-33-16-8-10-18-37(33)44(39(35)24-38(34)43)40-41-25-30(26-42-40)28-13-5-2-6-14-28/h1-30H;2*1-26H. The molecule has 12 heteroatoms. The minimum Gasteiger partial charge on any atom is -0.309 e. The molecule has 646 valence electrons. The zero-order chi connectivity index (χ0) is 91.1. The largest absolute Gasteiger partial charge is 0.309 e. The molecule has 0 aliphatic rings. The van der Waals surface area contributed by atoms with Gasteiger partial charge in [0.05, 0.1) is 66.2 Å². The molecule has 0 saturated heterocycles. The van der Waals surface area contributed by atoms with E-state index in [0.717, 1.165) is 100 Å². The van der Waals surface area contributed by atoms with Crippen molar-refractivity contribution in [2.45, 2.75) is 0 Å². The number of rotatable bonds is 13. The van der Waals surface area contributed by atoms with Gasteiger partial charge < -0.3 is 13.7 Å². The average Bonchev–Trinajstić information content (AvgIpc) is 1.56. The summed E-state index contributed by atoms with van der Waals surface area (Å²) < 4.78 is 13.7. The van der Waals surface area contributed by atoms with Gasteiger partial charge in [0.25, 0.3) is 0 Å². The third-order valence-corrected chi connectivity index (χ3v) is 27.1. The summed E-state index contributed by atoms with van der Waals surface area (Å²) in [4.78, 5) is 29.5.